The summed E-state index contributed by atoms with van der Waals surface area (Å²) in [6.07, 6.45) is 4.02. The molecule has 0 spiro atoms. The van der Waals surface area contributed by atoms with Crippen LogP contribution in [0.15, 0.2) is 36.7 Å². The molecule has 31 heavy (non-hydrogen) atoms. The van der Waals surface area contributed by atoms with Crippen LogP contribution in [0.1, 0.15) is 29.8 Å². The van der Waals surface area contributed by atoms with Gasteiger partial charge < -0.3 is 10.6 Å². The molecule has 162 valence electrons. The molecule has 0 atom stereocenters. The van der Waals surface area contributed by atoms with E-state index < -0.39 is 10.0 Å². The van der Waals surface area contributed by atoms with Gasteiger partial charge in [0.1, 0.15) is 6.07 Å². The van der Waals surface area contributed by atoms with E-state index in [0.29, 0.717) is 22.5 Å². The molecule has 3 aromatic rings. The Morgan fingerprint density at radius 1 is 1.23 bits per heavy atom. The van der Waals surface area contributed by atoms with Crippen molar-refractivity contribution in [2.45, 2.75) is 19.9 Å². The highest BCUT2D eigenvalue weighted by Crippen LogP contribution is 2.25. The fraction of sp³-hybridized carbons (Fsp3) is 0.300. The minimum Gasteiger partial charge on any atom is -0.382 e. The van der Waals surface area contributed by atoms with Crippen LogP contribution < -0.4 is 15.4 Å². The second-order valence-corrected chi connectivity index (χ2v) is 9.08. The minimum atomic E-state index is -3.32. The summed E-state index contributed by atoms with van der Waals surface area (Å²) in [5.74, 6) is -0.366. The van der Waals surface area contributed by atoms with Gasteiger partial charge in [0.15, 0.2) is 0 Å². The number of rotatable bonds is 8. The molecule has 1 amide bonds. The van der Waals surface area contributed by atoms with E-state index in [9.17, 15) is 13.2 Å². The van der Waals surface area contributed by atoms with Crippen molar-refractivity contribution >= 4 is 27.1 Å². The zero-order valence-corrected chi connectivity index (χ0v) is 18.2. The third-order valence-electron chi connectivity index (χ3n) is 4.26. The van der Waals surface area contributed by atoms with E-state index in [1.807, 2.05) is 26.0 Å². The van der Waals surface area contributed by atoms with Crippen LogP contribution in [0.25, 0.3) is 16.9 Å². The standard InChI is InChI=1S/C20H23N7O3S/c1-13(2)26-17-9-18(19-5-4-15-8-14(10-21)11-24-27(15)19)23-12-16(17)20(28)22-6-7-25-31(3,29)30/h4-5,8-9,11-13,25H,6-7H2,1-3H3,(H,22,28)(H,23,26). The SMILES string of the molecule is CC(C)Nc1cc(-c2ccc3cc(C#N)cnn23)ncc1C(=O)NCCNS(C)(=O)=O. The summed E-state index contributed by atoms with van der Waals surface area (Å²) in [5, 5.41) is 19.3. The number of nitriles is 1. The van der Waals surface area contributed by atoms with Crippen molar-refractivity contribution < 1.29 is 13.2 Å². The average Bonchev–Trinajstić information content (AvgIpc) is 3.13. The van der Waals surface area contributed by atoms with Crippen LogP contribution in [0, 0.1) is 11.3 Å². The highest BCUT2D eigenvalue weighted by Gasteiger charge is 2.16. The Kier molecular flexibility index (Phi) is 6.53. The Morgan fingerprint density at radius 2 is 2.00 bits per heavy atom. The van der Waals surface area contributed by atoms with Gasteiger partial charge in [0.2, 0.25) is 10.0 Å². The van der Waals surface area contributed by atoms with Gasteiger partial charge in [-0.2, -0.15) is 10.4 Å². The molecule has 0 aliphatic heterocycles. The minimum absolute atomic E-state index is 0.0640. The summed E-state index contributed by atoms with van der Waals surface area (Å²) in [6, 6.07) is 9.32. The molecule has 0 fully saturated rings. The number of carbonyl (C=O) groups is 1. The first-order valence-electron chi connectivity index (χ1n) is 9.55. The number of anilines is 1. The van der Waals surface area contributed by atoms with Crippen LogP contribution in [0.5, 0.6) is 0 Å². The van der Waals surface area contributed by atoms with E-state index in [4.69, 9.17) is 5.26 Å². The number of fused-ring (bicyclic) bond motifs is 1. The largest absolute Gasteiger partial charge is 0.382 e. The Labute approximate surface area is 180 Å². The number of amides is 1. The summed E-state index contributed by atoms with van der Waals surface area (Å²) < 4.78 is 26.3. The summed E-state index contributed by atoms with van der Waals surface area (Å²) in [5.41, 5.74) is 3.49. The zero-order valence-electron chi connectivity index (χ0n) is 17.4. The second kappa shape index (κ2) is 9.11. The normalized spacial score (nSPS) is 11.5. The van der Waals surface area contributed by atoms with Crippen molar-refractivity contribution in [2.24, 2.45) is 0 Å². The molecule has 0 aromatic carbocycles. The highest BCUT2D eigenvalue weighted by atomic mass is 32.2. The number of pyridine rings is 1. The molecule has 0 unspecified atom stereocenters. The van der Waals surface area contributed by atoms with E-state index >= 15 is 0 Å². The molecule has 3 rings (SSSR count). The maximum absolute atomic E-state index is 12.6. The molecule has 3 aromatic heterocycles. The van der Waals surface area contributed by atoms with Gasteiger partial charge in [-0.05, 0) is 38.1 Å². The first-order chi connectivity index (χ1) is 14.7. The van der Waals surface area contributed by atoms with Crippen molar-refractivity contribution in [3.63, 3.8) is 0 Å². The molecule has 0 saturated carbocycles. The molecule has 3 heterocycles. The van der Waals surface area contributed by atoms with E-state index in [2.05, 4.69) is 31.5 Å². The maximum Gasteiger partial charge on any atom is 0.255 e. The van der Waals surface area contributed by atoms with Crippen LogP contribution in [-0.2, 0) is 10.0 Å². The number of nitrogens with one attached hydrogen (secondary N) is 3. The van der Waals surface area contributed by atoms with Crippen LogP contribution in [-0.4, -0.2) is 54.3 Å². The van der Waals surface area contributed by atoms with Crippen molar-refractivity contribution in [1.82, 2.24) is 24.6 Å². The van der Waals surface area contributed by atoms with E-state index in [0.717, 1.165) is 17.5 Å². The Hall–Kier alpha value is -3.49. The Morgan fingerprint density at radius 3 is 2.68 bits per heavy atom. The number of sulfonamides is 1. The van der Waals surface area contributed by atoms with Gasteiger partial charge in [-0.15, -0.1) is 0 Å². The lowest BCUT2D eigenvalue weighted by Crippen LogP contribution is -2.34. The molecule has 3 N–H and O–H groups in total. The molecule has 0 radical (unpaired) electrons. The van der Waals surface area contributed by atoms with E-state index in [-0.39, 0.29) is 25.0 Å². The van der Waals surface area contributed by atoms with Crippen LogP contribution in [0.3, 0.4) is 0 Å². The van der Waals surface area contributed by atoms with Gasteiger partial charge in [-0.3, -0.25) is 9.78 Å². The number of hydrogen-bond acceptors (Lipinski definition) is 7. The quantitative estimate of drug-likeness (QED) is 0.448. The van der Waals surface area contributed by atoms with E-state index in [1.165, 1.54) is 12.4 Å². The predicted octanol–water partition coefficient (Wildman–Crippen LogP) is 1.37. The van der Waals surface area contributed by atoms with Crippen molar-refractivity contribution in [1.29, 1.82) is 5.26 Å². The van der Waals surface area contributed by atoms with Crippen LogP contribution >= 0.6 is 0 Å². The smallest absolute Gasteiger partial charge is 0.255 e. The Balaban J connectivity index is 1.88. The molecule has 0 aliphatic carbocycles. The third kappa shape index (κ3) is 5.56. The summed E-state index contributed by atoms with van der Waals surface area (Å²) in [7, 11) is -3.32. The lowest BCUT2D eigenvalue weighted by atomic mass is 10.1. The molecule has 10 nitrogen and oxygen atoms in total. The monoisotopic (exact) mass is 441 g/mol. The first kappa shape index (κ1) is 22.2. The topological polar surface area (TPSA) is 141 Å². The fourth-order valence-corrected chi connectivity index (χ4v) is 3.44. The van der Waals surface area contributed by atoms with Gasteiger partial charge in [-0.25, -0.2) is 17.7 Å². The Bertz CT molecular complexity index is 1260. The van der Waals surface area contributed by atoms with Gasteiger partial charge in [-0.1, -0.05) is 0 Å². The van der Waals surface area contributed by atoms with Crippen molar-refractivity contribution in [2.75, 3.05) is 24.7 Å². The lowest BCUT2D eigenvalue weighted by Gasteiger charge is -2.16. The first-order valence-corrected chi connectivity index (χ1v) is 11.4. The summed E-state index contributed by atoms with van der Waals surface area (Å²) in [4.78, 5) is 17.1. The number of hydrogen-bond donors (Lipinski definition) is 3. The number of carbonyl (C=O) groups excluding carboxylic acids is 1. The van der Waals surface area contributed by atoms with Crippen LogP contribution in [0.2, 0.25) is 0 Å². The fourth-order valence-electron chi connectivity index (χ4n) is 2.97. The third-order valence-corrected chi connectivity index (χ3v) is 4.99. The van der Waals surface area contributed by atoms with Gasteiger partial charge in [0.25, 0.3) is 5.91 Å². The molecule has 0 saturated heterocycles. The average molecular weight is 442 g/mol. The number of aromatic nitrogens is 3. The lowest BCUT2D eigenvalue weighted by molar-refractivity contribution is 0.0954. The molecular formula is C20H23N7O3S. The van der Waals surface area contributed by atoms with Crippen molar-refractivity contribution in [3.05, 3.63) is 47.8 Å². The summed E-state index contributed by atoms with van der Waals surface area (Å²) >= 11 is 0. The van der Waals surface area contributed by atoms with Gasteiger partial charge in [0, 0.05) is 25.3 Å². The number of nitrogens with zero attached hydrogens (tertiary/aromatic N) is 4. The molecule has 11 heteroatoms. The summed E-state index contributed by atoms with van der Waals surface area (Å²) in [6.45, 7) is 4.14. The predicted molar refractivity (Wildman–Crippen MR) is 117 cm³/mol. The molecule has 0 bridgehead atoms. The highest BCUT2D eigenvalue weighted by molar-refractivity contribution is 7.88. The van der Waals surface area contributed by atoms with Crippen molar-refractivity contribution in [3.8, 4) is 17.5 Å². The van der Waals surface area contributed by atoms with Crippen LogP contribution in [0.4, 0.5) is 5.69 Å². The van der Waals surface area contributed by atoms with Gasteiger partial charge >= 0.3 is 0 Å². The second-order valence-electron chi connectivity index (χ2n) is 7.25. The van der Waals surface area contributed by atoms with Gasteiger partial charge in [0.05, 0.1) is 46.2 Å². The van der Waals surface area contributed by atoms with E-state index in [1.54, 1.807) is 16.6 Å². The molecule has 0 aliphatic rings. The maximum atomic E-state index is 12.6. The zero-order chi connectivity index (χ0) is 22.6. The molecular weight excluding hydrogens is 418 g/mol.